The summed E-state index contributed by atoms with van der Waals surface area (Å²) < 4.78 is 44.1. The lowest BCUT2D eigenvalue weighted by atomic mass is 10.0. The molecule has 126 valence electrons. The van der Waals surface area contributed by atoms with Crippen molar-refractivity contribution >= 4 is 11.9 Å². The number of alkyl halides is 3. The van der Waals surface area contributed by atoms with Crippen LogP contribution in [0.2, 0.25) is 0 Å². The quantitative estimate of drug-likeness (QED) is 0.843. The number of rotatable bonds is 4. The van der Waals surface area contributed by atoms with Gasteiger partial charge in [-0.05, 0) is 25.1 Å². The molecule has 0 saturated heterocycles. The highest BCUT2D eigenvalue weighted by molar-refractivity contribution is 6.02. The van der Waals surface area contributed by atoms with E-state index in [1.54, 1.807) is 0 Å². The number of aromatic carboxylic acids is 1. The lowest BCUT2D eigenvalue weighted by molar-refractivity contribution is -0.139. The zero-order chi connectivity index (χ0) is 17.9. The van der Waals surface area contributed by atoms with Crippen LogP contribution in [0.25, 0.3) is 0 Å². The van der Waals surface area contributed by atoms with Gasteiger partial charge in [-0.25, -0.2) is 9.59 Å². The summed E-state index contributed by atoms with van der Waals surface area (Å²) in [6, 6.07) is 10.1. The molecule has 2 rings (SSSR count). The lowest BCUT2D eigenvalue weighted by Gasteiger charge is -2.19. The molecule has 0 fully saturated rings. The molecule has 1 atom stereocenters. The van der Waals surface area contributed by atoms with Gasteiger partial charge in [0.25, 0.3) is 0 Å². The standard InChI is InChI=1S/C17H13F3O4/c1-10(11-6-4-5-9-14(11)17(18,19)20)24-16(23)13-8-3-2-7-12(13)15(21)22/h2-10H,1H3,(H,21,22). The Hall–Kier alpha value is -2.83. The second-order valence-electron chi connectivity index (χ2n) is 4.98. The summed E-state index contributed by atoms with van der Waals surface area (Å²) in [6.45, 7) is 1.30. The van der Waals surface area contributed by atoms with Gasteiger partial charge >= 0.3 is 18.1 Å². The first-order valence-corrected chi connectivity index (χ1v) is 6.91. The smallest absolute Gasteiger partial charge is 0.416 e. The second kappa shape index (κ2) is 6.74. The van der Waals surface area contributed by atoms with Gasteiger partial charge in [0.1, 0.15) is 6.10 Å². The molecule has 24 heavy (non-hydrogen) atoms. The molecule has 1 unspecified atom stereocenters. The SMILES string of the molecule is CC(OC(=O)c1ccccc1C(=O)O)c1ccccc1C(F)(F)F. The predicted octanol–water partition coefficient (Wildman–Crippen LogP) is 4.32. The van der Waals surface area contributed by atoms with Crippen molar-refractivity contribution in [2.75, 3.05) is 0 Å². The average molecular weight is 338 g/mol. The van der Waals surface area contributed by atoms with E-state index in [1.165, 1.54) is 49.4 Å². The van der Waals surface area contributed by atoms with E-state index in [0.717, 1.165) is 6.07 Å². The number of carbonyl (C=O) groups is 2. The summed E-state index contributed by atoms with van der Waals surface area (Å²) in [5.41, 5.74) is -1.61. The maximum atomic E-state index is 13.0. The van der Waals surface area contributed by atoms with Gasteiger partial charge in [-0.1, -0.05) is 30.3 Å². The van der Waals surface area contributed by atoms with E-state index in [4.69, 9.17) is 9.84 Å². The summed E-state index contributed by atoms with van der Waals surface area (Å²) in [7, 11) is 0. The van der Waals surface area contributed by atoms with Crippen molar-refractivity contribution in [2.45, 2.75) is 19.2 Å². The maximum absolute atomic E-state index is 13.0. The Morgan fingerprint density at radius 1 is 1.00 bits per heavy atom. The average Bonchev–Trinajstić information content (AvgIpc) is 2.53. The molecule has 0 saturated carbocycles. The topological polar surface area (TPSA) is 63.6 Å². The van der Waals surface area contributed by atoms with Crippen LogP contribution in [0.3, 0.4) is 0 Å². The Bertz CT molecular complexity index is 768. The molecule has 0 aliphatic heterocycles. The maximum Gasteiger partial charge on any atom is 0.416 e. The highest BCUT2D eigenvalue weighted by atomic mass is 19.4. The Morgan fingerprint density at radius 2 is 1.54 bits per heavy atom. The van der Waals surface area contributed by atoms with Gasteiger partial charge in [-0.15, -0.1) is 0 Å². The molecule has 4 nitrogen and oxygen atoms in total. The summed E-state index contributed by atoms with van der Waals surface area (Å²) in [5.74, 6) is -2.33. The second-order valence-corrected chi connectivity index (χ2v) is 4.98. The zero-order valence-corrected chi connectivity index (χ0v) is 12.5. The summed E-state index contributed by atoms with van der Waals surface area (Å²) in [5, 5.41) is 9.06. The molecule has 0 aliphatic carbocycles. The van der Waals surface area contributed by atoms with Gasteiger partial charge in [0, 0.05) is 5.56 Å². The van der Waals surface area contributed by atoms with Crippen molar-refractivity contribution in [3.63, 3.8) is 0 Å². The van der Waals surface area contributed by atoms with Crippen LogP contribution >= 0.6 is 0 Å². The number of halogens is 3. The summed E-state index contributed by atoms with van der Waals surface area (Å²) in [4.78, 5) is 23.3. The molecule has 7 heteroatoms. The number of carbonyl (C=O) groups excluding carboxylic acids is 1. The first kappa shape index (κ1) is 17.5. The van der Waals surface area contributed by atoms with Gasteiger partial charge in [0.05, 0.1) is 16.7 Å². The van der Waals surface area contributed by atoms with E-state index in [0.29, 0.717) is 0 Å². The van der Waals surface area contributed by atoms with Gasteiger partial charge in [0.2, 0.25) is 0 Å². The summed E-state index contributed by atoms with van der Waals surface area (Å²) in [6.07, 6.45) is -5.78. The fraction of sp³-hybridized carbons (Fsp3) is 0.176. The number of esters is 1. The number of benzene rings is 2. The van der Waals surface area contributed by atoms with Crippen LogP contribution in [0.1, 0.15) is 44.9 Å². The van der Waals surface area contributed by atoms with Gasteiger partial charge in [-0.3, -0.25) is 0 Å². The molecule has 2 aromatic carbocycles. The number of hydrogen-bond acceptors (Lipinski definition) is 3. The van der Waals surface area contributed by atoms with Crippen LogP contribution in [-0.4, -0.2) is 17.0 Å². The van der Waals surface area contributed by atoms with Crippen LogP contribution in [0, 0.1) is 0 Å². The Labute approximate surface area is 135 Å². The first-order chi connectivity index (χ1) is 11.2. The third kappa shape index (κ3) is 3.73. The largest absolute Gasteiger partial charge is 0.478 e. The number of carboxylic acids is 1. The third-order valence-corrected chi connectivity index (χ3v) is 3.37. The van der Waals surface area contributed by atoms with Crippen molar-refractivity contribution in [1.29, 1.82) is 0 Å². The first-order valence-electron chi connectivity index (χ1n) is 6.91. The van der Waals surface area contributed by atoms with E-state index in [9.17, 15) is 22.8 Å². The van der Waals surface area contributed by atoms with Gasteiger partial charge < -0.3 is 9.84 Å². The number of carboxylic acid groups (broad SMARTS) is 1. The molecule has 2 aromatic rings. The molecular formula is C17H13F3O4. The minimum atomic E-state index is -4.59. The molecule has 1 N–H and O–H groups in total. The van der Waals surface area contributed by atoms with Crippen LogP contribution in [0.15, 0.2) is 48.5 Å². The normalized spacial score (nSPS) is 12.5. The lowest BCUT2D eigenvalue weighted by Crippen LogP contribution is -2.17. The summed E-state index contributed by atoms with van der Waals surface area (Å²) >= 11 is 0. The van der Waals surface area contributed by atoms with E-state index in [2.05, 4.69) is 0 Å². The molecule has 0 amide bonds. The molecule has 0 bridgehead atoms. The molecule has 0 radical (unpaired) electrons. The highest BCUT2D eigenvalue weighted by Crippen LogP contribution is 2.35. The van der Waals surface area contributed by atoms with Crippen molar-refractivity contribution in [1.82, 2.24) is 0 Å². The molecule has 0 spiro atoms. The molecule has 0 heterocycles. The Morgan fingerprint density at radius 3 is 2.12 bits per heavy atom. The minimum absolute atomic E-state index is 0.203. The van der Waals surface area contributed by atoms with Gasteiger partial charge in [-0.2, -0.15) is 13.2 Å². The third-order valence-electron chi connectivity index (χ3n) is 3.37. The van der Waals surface area contributed by atoms with Crippen LogP contribution < -0.4 is 0 Å². The molecular weight excluding hydrogens is 325 g/mol. The van der Waals surface area contributed by atoms with Crippen LogP contribution in [-0.2, 0) is 10.9 Å². The van der Waals surface area contributed by atoms with Crippen LogP contribution in [0.4, 0.5) is 13.2 Å². The predicted molar refractivity (Wildman–Crippen MR) is 78.7 cm³/mol. The fourth-order valence-corrected chi connectivity index (χ4v) is 2.24. The molecule has 0 aliphatic rings. The number of hydrogen-bond donors (Lipinski definition) is 1. The van der Waals surface area contributed by atoms with E-state index in [-0.39, 0.29) is 16.7 Å². The Kier molecular flexibility index (Phi) is 4.92. The van der Waals surface area contributed by atoms with E-state index in [1.807, 2.05) is 0 Å². The molecule has 0 aromatic heterocycles. The van der Waals surface area contributed by atoms with Crippen molar-refractivity contribution < 1.29 is 32.6 Å². The van der Waals surface area contributed by atoms with E-state index < -0.39 is 29.8 Å². The number of ether oxygens (including phenoxy) is 1. The van der Waals surface area contributed by atoms with E-state index >= 15 is 0 Å². The van der Waals surface area contributed by atoms with Crippen molar-refractivity contribution in [2.24, 2.45) is 0 Å². The Balaban J connectivity index is 2.30. The zero-order valence-electron chi connectivity index (χ0n) is 12.5. The van der Waals surface area contributed by atoms with Crippen LogP contribution in [0.5, 0.6) is 0 Å². The van der Waals surface area contributed by atoms with Gasteiger partial charge in [0.15, 0.2) is 0 Å². The van der Waals surface area contributed by atoms with Crippen molar-refractivity contribution in [3.8, 4) is 0 Å². The highest BCUT2D eigenvalue weighted by Gasteiger charge is 2.35. The fourth-order valence-electron chi connectivity index (χ4n) is 2.24. The minimum Gasteiger partial charge on any atom is -0.478 e. The van der Waals surface area contributed by atoms with Crippen molar-refractivity contribution in [3.05, 3.63) is 70.8 Å². The monoisotopic (exact) mass is 338 g/mol.